The summed E-state index contributed by atoms with van der Waals surface area (Å²) < 4.78 is 0.896. The number of nitrogens with two attached hydrogens (primary N) is 4. The normalized spacial score (nSPS) is 22.1. The molecule has 23 nitrogen and oxygen atoms in total. The lowest BCUT2D eigenvalue weighted by atomic mass is 10.0. The third-order valence-corrected chi connectivity index (χ3v) is 15.0. The number of carbonyl (C=O) groups excluding carboxylic acids is 8. The molecule has 4 aromatic rings. The van der Waals surface area contributed by atoms with Crippen molar-refractivity contribution in [2.45, 2.75) is 106 Å². The third kappa shape index (κ3) is 18.4. The van der Waals surface area contributed by atoms with Gasteiger partial charge in [-0.15, -0.1) is 0 Å². The highest BCUT2D eigenvalue weighted by molar-refractivity contribution is 14.1. The largest absolute Gasteiger partial charge is 0.391 e. The standard InChI is InChI=1S/C49H64IN13O10S2/c1-25(64)39(41(52)66)62-47(72)38-24-75-74-23-37(60-42(67)32(51)19-27-9-4-3-5-10-27)46(71)58-35(20-28-14-16-30(50)17-15-28)44(69)59-36(21-29-22-56-33-12-7-6-11-31(29)33)45(70)57-34(13-8-18-55-49(53)54)43(68)63-40(26(2)65)48(73)61-38/h3-7,9-12,14-17,22,25-26,32,34-40,56,64-65H,8,13,18-21,23-24,51H2,1-2H3,(H2,52,66)(H,57,70)(H,58,71)(H,59,69)(H,60,67)(H,61,73)(H,62,72)(H,63,68)(H4,53,54,55)/t25-,26-,32-,34+,35+,36-,37+,38+,39+,40+/m1/s1. The van der Waals surface area contributed by atoms with Crippen LogP contribution in [0.2, 0.25) is 0 Å². The molecular formula is C49H64IN13O10S2. The predicted molar refractivity (Wildman–Crippen MR) is 294 cm³/mol. The zero-order valence-electron chi connectivity index (χ0n) is 41.1. The number of nitrogens with zero attached hydrogens (tertiary/aromatic N) is 1. The number of hydrogen-bond donors (Lipinski definition) is 14. The molecule has 5 rings (SSSR count). The molecule has 2 heterocycles. The van der Waals surface area contributed by atoms with E-state index in [1.54, 1.807) is 54.7 Å². The highest BCUT2D eigenvalue weighted by Gasteiger charge is 2.37. The van der Waals surface area contributed by atoms with E-state index >= 15 is 0 Å². The number of aromatic nitrogens is 1. The molecular weight excluding hydrogens is 1120 g/mol. The Bertz CT molecular complexity index is 2660. The van der Waals surface area contributed by atoms with Crippen molar-refractivity contribution in [1.29, 1.82) is 0 Å². The molecule has 1 aliphatic heterocycles. The lowest BCUT2D eigenvalue weighted by molar-refractivity contribution is -0.137. The van der Waals surface area contributed by atoms with Crippen LogP contribution in [0.4, 0.5) is 0 Å². The molecule has 0 radical (unpaired) electrons. The van der Waals surface area contributed by atoms with Crippen LogP contribution in [-0.2, 0) is 57.6 Å². The van der Waals surface area contributed by atoms with Crippen molar-refractivity contribution in [3.05, 3.63) is 105 Å². The van der Waals surface area contributed by atoms with Gasteiger partial charge in [0.25, 0.3) is 0 Å². The summed E-state index contributed by atoms with van der Waals surface area (Å²) in [4.78, 5) is 120. The Morgan fingerprint density at radius 1 is 0.747 bits per heavy atom. The summed E-state index contributed by atoms with van der Waals surface area (Å²) in [5.74, 6) is -8.02. The predicted octanol–water partition coefficient (Wildman–Crippen LogP) is -1.78. The average molecular weight is 1190 g/mol. The van der Waals surface area contributed by atoms with Crippen LogP contribution in [0.3, 0.4) is 0 Å². The van der Waals surface area contributed by atoms with Crippen LogP contribution >= 0.6 is 44.2 Å². The van der Waals surface area contributed by atoms with Gasteiger partial charge in [0.05, 0.1) is 18.2 Å². The van der Waals surface area contributed by atoms with E-state index in [1.165, 1.54) is 13.8 Å². The lowest BCUT2D eigenvalue weighted by Gasteiger charge is -2.29. The maximum Gasteiger partial charge on any atom is 0.245 e. The highest BCUT2D eigenvalue weighted by Crippen LogP contribution is 2.24. The minimum absolute atomic E-state index is 0.0172. The van der Waals surface area contributed by atoms with E-state index in [9.17, 15) is 48.6 Å². The number of guanidine groups is 1. The molecule has 75 heavy (non-hydrogen) atoms. The van der Waals surface area contributed by atoms with Crippen LogP contribution in [0.25, 0.3) is 10.9 Å². The summed E-state index contributed by atoms with van der Waals surface area (Å²) in [5.41, 5.74) is 25.6. The fourth-order valence-electron chi connectivity index (χ4n) is 7.83. The number of para-hydroxylation sites is 1. The Labute approximate surface area is 454 Å². The molecule has 1 fully saturated rings. The minimum atomic E-state index is -1.76. The number of aliphatic hydroxyl groups is 2. The van der Waals surface area contributed by atoms with Crippen LogP contribution in [0.5, 0.6) is 0 Å². The molecule has 0 bridgehead atoms. The van der Waals surface area contributed by atoms with Crippen molar-refractivity contribution >= 4 is 108 Å². The highest BCUT2D eigenvalue weighted by atomic mass is 127. The van der Waals surface area contributed by atoms with Crippen LogP contribution in [0, 0.1) is 3.57 Å². The number of H-pyrrole nitrogens is 1. The number of amides is 8. The summed E-state index contributed by atoms with van der Waals surface area (Å²) in [7, 11) is 1.94. The zero-order valence-corrected chi connectivity index (χ0v) is 44.9. The Morgan fingerprint density at radius 3 is 2.01 bits per heavy atom. The van der Waals surface area contributed by atoms with E-state index in [-0.39, 0.29) is 56.1 Å². The Hall–Kier alpha value is -6.46. The van der Waals surface area contributed by atoms with Gasteiger partial charge >= 0.3 is 0 Å². The number of carbonyl (C=O) groups is 8. The molecule has 1 saturated heterocycles. The van der Waals surface area contributed by atoms with Gasteiger partial charge in [-0.3, -0.25) is 43.3 Å². The van der Waals surface area contributed by atoms with Crippen molar-refractivity contribution in [2.24, 2.45) is 27.9 Å². The van der Waals surface area contributed by atoms with Gasteiger partial charge in [-0.2, -0.15) is 0 Å². The van der Waals surface area contributed by atoms with Crippen molar-refractivity contribution in [3.8, 4) is 0 Å². The number of aromatic amines is 1. The number of aliphatic imine (C=N–C) groups is 1. The molecule has 0 spiro atoms. The van der Waals surface area contributed by atoms with Crippen molar-refractivity contribution in [3.63, 3.8) is 0 Å². The minimum Gasteiger partial charge on any atom is -0.391 e. The summed E-state index contributed by atoms with van der Waals surface area (Å²) in [5, 5.41) is 40.3. The number of nitrogens with one attached hydrogen (secondary N) is 8. The molecule has 8 amide bonds. The van der Waals surface area contributed by atoms with E-state index in [2.05, 4.69) is 69.8 Å². The van der Waals surface area contributed by atoms with Gasteiger partial charge in [-0.05, 0) is 90.6 Å². The van der Waals surface area contributed by atoms with E-state index < -0.39 is 108 Å². The number of primary amides is 1. The summed E-state index contributed by atoms with van der Waals surface area (Å²) in [6, 6.07) is 11.7. The summed E-state index contributed by atoms with van der Waals surface area (Å²) >= 11 is 2.13. The van der Waals surface area contributed by atoms with Gasteiger partial charge in [-0.25, -0.2) is 0 Å². The number of hydrogen-bond acceptors (Lipinski definition) is 14. The maximum atomic E-state index is 14.8. The van der Waals surface area contributed by atoms with E-state index in [4.69, 9.17) is 22.9 Å². The van der Waals surface area contributed by atoms with Gasteiger partial charge in [0.2, 0.25) is 47.3 Å². The molecule has 3 aromatic carbocycles. The number of aliphatic hydroxyl groups excluding tert-OH is 2. The van der Waals surface area contributed by atoms with Gasteiger partial charge < -0.3 is 75.3 Å². The number of benzene rings is 3. The average Bonchev–Trinajstić information content (AvgIpc) is 3.78. The van der Waals surface area contributed by atoms with Crippen LogP contribution in [-0.4, -0.2) is 147 Å². The SMILES string of the molecule is C[C@@H](O)[C@H](NC(=O)[C@@H]1CSSC[C@H](NC(=O)[C@H](N)Cc2ccccc2)C(=O)N[C@@H](Cc2ccc(I)cc2)C(=O)N[C@H](Cc2c[nH]c3ccccc23)C(=O)N[C@@H](CCCN=C(N)N)C(=O)N[C@@H]([C@@H](C)O)C(=O)N1)C(N)=O. The van der Waals surface area contributed by atoms with Crippen LogP contribution < -0.4 is 60.2 Å². The molecule has 10 atom stereocenters. The third-order valence-electron chi connectivity index (χ3n) is 11.9. The van der Waals surface area contributed by atoms with Crippen molar-refractivity contribution in [1.82, 2.24) is 42.2 Å². The van der Waals surface area contributed by atoms with E-state index in [0.717, 1.165) is 41.6 Å². The number of fused-ring (bicyclic) bond motifs is 1. The van der Waals surface area contributed by atoms with Gasteiger partial charge in [0.15, 0.2) is 5.96 Å². The lowest BCUT2D eigenvalue weighted by Crippen LogP contribution is -2.62. The fraction of sp³-hybridized carbons (Fsp3) is 0.408. The molecule has 0 unspecified atom stereocenters. The first-order valence-corrected chi connectivity index (χ1v) is 27.4. The smallest absolute Gasteiger partial charge is 0.245 e. The monoisotopic (exact) mass is 1190 g/mol. The Balaban J connectivity index is 1.59. The summed E-state index contributed by atoms with van der Waals surface area (Å²) in [6.07, 6.45) is -1.52. The molecule has 0 aliphatic carbocycles. The van der Waals surface area contributed by atoms with E-state index in [1.807, 2.05) is 30.3 Å². The van der Waals surface area contributed by atoms with Gasteiger partial charge in [-0.1, -0.05) is 82.3 Å². The topological polar surface area (TPSA) is 393 Å². The van der Waals surface area contributed by atoms with Gasteiger partial charge in [0, 0.05) is 51.6 Å². The molecule has 0 saturated carbocycles. The van der Waals surface area contributed by atoms with Crippen LogP contribution in [0.15, 0.2) is 90.1 Å². The quantitative estimate of drug-likeness (QED) is 0.0183. The molecule has 18 N–H and O–H groups in total. The molecule has 26 heteroatoms. The zero-order chi connectivity index (χ0) is 54.8. The van der Waals surface area contributed by atoms with E-state index in [0.29, 0.717) is 11.1 Å². The first kappa shape index (κ1) is 59.4. The van der Waals surface area contributed by atoms with Crippen molar-refractivity contribution < 1.29 is 48.6 Å². The molecule has 1 aromatic heterocycles. The second kappa shape index (κ2) is 29.0. The molecule has 1 aliphatic rings. The second-order valence-electron chi connectivity index (χ2n) is 17.9. The summed E-state index contributed by atoms with van der Waals surface area (Å²) in [6.45, 7) is 2.43. The number of rotatable bonds is 17. The molecule has 404 valence electrons. The number of halogens is 1. The maximum absolute atomic E-state index is 14.8. The first-order valence-electron chi connectivity index (χ1n) is 23.9. The van der Waals surface area contributed by atoms with Gasteiger partial charge in [0.1, 0.15) is 42.3 Å². The Kier molecular flexibility index (Phi) is 23.0. The van der Waals surface area contributed by atoms with Crippen LogP contribution in [0.1, 0.15) is 43.4 Å². The second-order valence-corrected chi connectivity index (χ2v) is 21.7. The first-order chi connectivity index (χ1) is 35.7. The van der Waals surface area contributed by atoms with Crippen molar-refractivity contribution in [2.75, 3.05) is 18.1 Å². The Morgan fingerprint density at radius 2 is 1.36 bits per heavy atom. The fourth-order valence-corrected chi connectivity index (χ4v) is 10.5.